The number of aliphatic hydroxyl groups excluding tert-OH is 4. The van der Waals surface area contributed by atoms with Gasteiger partial charge in [0.15, 0.2) is 71.2 Å². The lowest BCUT2D eigenvalue weighted by atomic mass is 9.66. The summed E-state index contributed by atoms with van der Waals surface area (Å²) < 4.78 is 112. The summed E-state index contributed by atoms with van der Waals surface area (Å²) in [5.74, 6) is -0.907. The van der Waals surface area contributed by atoms with Crippen molar-refractivity contribution in [3.8, 4) is 57.5 Å². The molecule has 16 rings (SSSR count). The highest BCUT2D eigenvalue weighted by molar-refractivity contribution is 5.80. The lowest BCUT2D eigenvalue weighted by Crippen LogP contribution is -2.62. The van der Waals surface area contributed by atoms with Crippen molar-refractivity contribution in [2.45, 2.75) is 98.0 Å². The molecule has 5 N–H and O–H groups in total. The summed E-state index contributed by atoms with van der Waals surface area (Å²) in [7, 11) is 7.45. The molecule has 20 atom stereocenters. The van der Waals surface area contributed by atoms with Gasteiger partial charge < -0.3 is 116 Å². The van der Waals surface area contributed by atoms with Gasteiger partial charge in [-0.1, -0.05) is 60.7 Å². The van der Waals surface area contributed by atoms with Crippen LogP contribution in [-0.4, -0.2) is 174 Å². The van der Waals surface area contributed by atoms with Crippen molar-refractivity contribution in [1.82, 2.24) is 0 Å². The molecule has 6 aromatic carbocycles. The molecule has 26 heteroatoms. The predicted octanol–water partition coefficient (Wildman–Crippen LogP) is 5.69. The minimum atomic E-state index is -1.48. The Hall–Kier alpha value is -8.22. The number of aromatic hydroxyl groups is 1. The number of rotatable bonds is 13. The summed E-state index contributed by atoms with van der Waals surface area (Å²) >= 11 is 0. The molecule has 0 aromatic heterocycles. The number of aliphatic hydroxyl groups is 4. The van der Waals surface area contributed by atoms with Gasteiger partial charge in [0, 0.05) is 34.8 Å². The molecular weight excluding hydrogens is 1240 g/mol. The quantitative estimate of drug-likeness (QED) is 0.0868. The molecule has 10 aliphatic rings. The van der Waals surface area contributed by atoms with Crippen LogP contribution in [0.3, 0.4) is 0 Å². The fraction of sp³-hybridized carbons (Fsp3) is 0.449. The van der Waals surface area contributed by atoms with E-state index in [1.54, 1.807) is 18.2 Å². The van der Waals surface area contributed by atoms with Crippen molar-refractivity contribution in [1.29, 1.82) is 0 Å². The number of phenolic OH excluding ortho intramolecular Hbond substituents is 1. The van der Waals surface area contributed by atoms with Crippen LogP contribution in [0.15, 0.2) is 109 Å². The molecule has 2 unspecified atom stereocenters. The Morgan fingerprint density at radius 1 is 0.411 bits per heavy atom. The zero-order valence-corrected chi connectivity index (χ0v) is 52.0. The fourth-order valence-electron chi connectivity index (χ4n) is 15.0. The maximum Gasteiger partial charge on any atom is 0.310 e. The first-order valence-electron chi connectivity index (χ1n) is 31.2. The van der Waals surface area contributed by atoms with E-state index < -0.39 is 134 Å². The Labute approximate surface area is 543 Å². The second-order valence-corrected chi connectivity index (χ2v) is 24.5. The summed E-state index contributed by atoms with van der Waals surface area (Å²) in [6, 6.07) is 32.9. The van der Waals surface area contributed by atoms with Gasteiger partial charge in [-0.3, -0.25) is 9.59 Å². The third kappa shape index (κ3) is 11.0. The van der Waals surface area contributed by atoms with E-state index in [1.165, 1.54) is 35.5 Å². The Morgan fingerprint density at radius 3 is 1.17 bits per heavy atom. The number of carbonyl (C=O) groups is 2. The number of esters is 2. The normalized spacial score (nSPS) is 33.5. The molecule has 8 heterocycles. The van der Waals surface area contributed by atoms with Crippen LogP contribution in [0.2, 0.25) is 0 Å². The molecule has 6 fully saturated rings. The molecule has 0 radical (unpaired) electrons. The summed E-state index contributed by atoms with van der Waals surface area (Å²) in [5, 5.41) is 55.8. The Bertz CT molecular complexity index is 3780. The Kier molecular flexibility index (Phi) is 17.0. The number of carbonyl (C=O) groups excluding carboxylic acids is 2. The number of fused-ring (bicyclic) bond motifs is 8. The van der Waals surface area contributed by atoms with Crippen LogP contribution >= 0.6 is 0 Å². The standard InChI is InChI=1S/C35H36O13.C34H34O13/c1-39-23-9-17(10-24(40-2)31(23)41-3)26-18-11-21-22(45-15-44-21)12-19(18)30(20-13-42-33(38)27(20)26)47-35-29(37)28(36)32-25(46-35)14-43-34(48-32)16-7-5-4-6-8-16;1-39-22-8-16(9-23(40-2)27(22)35)25-17-10-20-21(44-14-43-20)11-18(17)30(19-12-41-32(38)26(19)25)46-34-29(37)28(36)31-24(45-34)13-42-33(47-31)15-6-4-3-5-7-15/h4-12,20,25-30,32,34-37H,13-15H2,1-3H3;3-11,19,24-26,28-31,33-37H,12-14H2,1-2H3/t20-,25+,26+,27-,28+,29+,30-,32+,34?,35-;19-,24+,25+,26-,28+,29+,30-,31+,33?,34-/m00/s1. The number of hydrogen-bond donors (Lipinski definition) is 5. The van der Waals surface area contributed by atoms with Gasteiger partial charge in [0.2, 0.25) is 25.1 Å². The summed E-state index contributed by atoms with van der Waals surface area (Å²) in [6.45, 7) is 0.350. The molecule has 8 aliphatic heterocycles. The summed E-state index contributed by atoms with van der Waals surface area (Å²) in [4.78, 5) is 27.1. The van der Waals surface area contributed by atoms with Crippen LogP contribution < -0.4 is 42.6 Å². The van der Waals surface area contributed by atoms with E-state index in [0.717, 1.165) is 22.3 Å². The van der Waals surface area contributed by atoms with E-state index in [2.05, 4.69) is 0 Å². The summed E-state index contributed by atoms with van der Waals surface area (Å²) in [5.41, 5.74) is 5.72. The van der Waals surface area contributed by atoms with Crippen LogP contribution in [0, 0.1) is 23.7 Å². The number of ether oxygens (including phenoxy) is 19. The highest BCUT2D eigenvalue weighted by Gasteiger charge is 2.59. The van der Waals surface area contributed by atoms with E-state index >= 15 is 0 Å². The maximum atomic E-state index is 13.6. The number of benzene rings is 6. The third-order valence-corrected chi connectivity index (χ3v) is 19.5. The van der Waals surface area contributed by atoms with Crippen LogP contribution in [-0.2, 0) is 57.0 Å². The molecule has 95 heavy (non-hydrogen) atoms. The zero-order valence-electron chi connectivity index (χ0n) is 52.0. The van der Waals surface area contributed by atoms with Crippen molar-refractivity contribution < 1.29 is 125 Å². The van der Waals surface area contributed by atoms with Gasteiger partial charge in [-0.05, 0) is 81.9 Å². The van der Waals surface area contributed by atoms with Gasteiger partial charge >= 0.3 is 11.9 Å². The molecule has 6 saturated heterocycles. The predicted molar refractivity (Wildman–Crippen MR) is 321 cm³/mol. The second kappa shape index (κ2) is 25.7. The smallest absolute Gasteiger partial charge is 0.310 e. The Morgan fingerprint density at radius 2 is 0.789 bits per heavy atom. The van der Waals surface area contributed by atoms with Gasteiger partial charge in [-0.15, -0.1) is 0 Å². The average molecular weight is 1320 g/mol. The van der Waals surface area contributed by atoms with Crippen LogP contribution in [0.1, 0.15) is 81.1 Å². The first-order valence-corrected chi connectivity index (χ1v) is 31.2. The minimum absolute atomic E-state index is 0.0217. The SMILES string of the molecule is COc1cc([C@@H]2c3cc4c(cc3[C@H](O[C@@H]3O[C@@H]5COC(c6ccccc6)O[C@H]5[C@H](O)[C@H]3O)[C@H]3COC(=O)[C@H]23)OCO4)cc(OC)c1O.COc1cc([C@@H]2c3cc4c(cc3[C@H](O[C@@H]3O[C@@H]5COC(c6ccccc6)O[C@H]5[C@H](O)[C@H]3O)[C@H]3COC(=O)[C@H]23)OCO4)cc(OC)c1OC. The minimum Gasteiger partial charge on any atom is -0.502 e. The molecular formula is C69H70O26. The van der Waals surface area contributed by atoms with Crippen molar-refractivity contribution in [2.75, 3.05) is 75.6 Å². The van der Waals surface area contributed by atoms with Crippen molar-refractivity contribution >= 4 is 11.9 Å². The van der Waals surface area contributed by atoms with E-state index in [-0.39, 0.29) is 57.3 Å². The first-order chi connectivity index (χ1) is 46.2. The number of methoxy groups -OCH3 is 5. The molecule has 0 saturated carbocycles. The van der Waals surface area contributed by atoms with Gasteiger partial charge in [0.1, 0.15) is 48.8 Å². The molecule has 0 bridgehead atoms. The van der Waals surface area contributed by atoms with Crippen molar-refractivity contribution in [3.05, 3.63) is 154 Å². The van der Waals surface area contributed by atoms with E-state index in [9.17, 15) is 35.1 Å². The fourth-order valence-corrected chi connectivity index (χ4v) is 15.0. The third-order valence-electron chi connectivity index (χ3n) is 19.5. The topological polar surface area (TPSA) is 311 Å². The van der Waals surface area contributed by atoms with E-state index in [4.69, 9.17) is 90.0 Å². The zero-order chi connectivity index (χ0) is 65.5. The second-order valence-electron chi connectivity index (χ2n) is 24.5. The molecule has 0 spiro atoms. The van der Waals surface area contributed by atoms with Gasteiger partial charge in [-0.2, -0.15) is 0 Å². The van der Waals surface area contributed by atoms with Gasteiger partial charge in [0.05, 0.1) is 86.0 Å². The number of cyclic esters (lactones) is 2. The van der Waals surface area contributed by atoms with Crippen LogP contribution in [0.4, 0.5) is 0 Å². The van der Waals surface area contributed by atoms with Crippen LogP contribution in [0.5, 0.6) is 57.5 Å². The van der Waals surface area contributed by atoms with Gasteiger partial charge in [-0.25, -0.2) is 0 Å². The first kappa shape index (κ1) is 62.9. The van der Waals surface area contributed by atoms with E-state index in [0.29, 0.717) is 62.5 Å². The van der Waals surface area contributed by atoms with E-state index in [1.807, 2.05) is 91.0 Å². The van der Waals surface area contributed by atoms with Crippen molar-refractivity contribution in [3.63, 3.8) is 0 Å². The molecule has 6 aromatic rings. The Balaban J connectivity index is 0.000000156. The highest BCUT2D eigenvalue weighted by Crippen LogP contribution is 2.60. The van der Waals surface area contributed by atoms with Gasteiger partial charge in [0.25, 0.3) is 0 Å². The molecule has 0 amide bonds. The molecule has 26 nitrogen and oxygen atoms in total. The number of hydrogen-bond acceptors (Lipinski definition) is 26. The van der Waals surface area contributed by atoms with Crippen molar-refractivity contribution in [2.24, 2.45) is 23.7 Å². The molecule has 2 aliphatic carbocycles. The molecule has 502 valence electrons. The highest BCUT2D eigenvalue weighted by atomic mass is 16.8. The summed E-state index contributed by atoms with van der Waals surface area (Å²) in [6.07, 6.45) is -14.5. The largest absolute Gasteiger partial charge is 0.502 e. The number of phenols is 1. The monoisotopic (exact) mass is 1310 g/mol. The average Bonchev–Trinajstić information content (AvgIpc) is 1.67. The lowest BCUT2D eigenvalue weighted by Gasteiger charge is -2.48. The lowest BCUT2D eigenvalue weighted by molar-refractivity contribution is -0.369. The van der Waals surface area contributed by atoms with Crippen LogP contribution in [0.25, 0.3) is 0 Å². The maximum absolute atomic E-state index is 13.6.